The minimum atomic E-state index is -0.336. The van der Waals surface area contributed by atoms with E-state index in [-0.39, 0.29) is 5.97 Å². The van der Waals surface area contributed by atoms with E-state index in [0.29, 0.717) is 23.3 Å². The summed E-state index contributed by atoms with van der Waals surface area (Å²) < 4.78 is 5.45. The van der Waals surface area contributed by atoms with Crippen LogP contribution in [0.1, 0.15) is 144 Å². The molecule has 0 radical (unpaired) electrons. The number of ether oxygens (including phenoxy) is 1. The van der Waals surface area contributed by atoms with E-state index in [9.17, 15) is 10.1 Å². The maximum absolute atomic E-state index is 12.4. The van der Waals surface area contributed by atoms with E-state index >= 15 is 0 Å². The van der Waals surface area contributed by atoms with Crippen molar-refractivity contribution in [3.63, 3.8) is 0 Å². The molecule has 37 heavy (non-hydrogen) atoms. The van der Waals surface area contributed by atoms with Crippen molar-refractivity contribution >= 4 is 16.7 Å². The predicted octanol–water partition coefficient (Wildman–Crippen LogP) is 9.78. The van der Waals surface area contributed by atoms with E-state index in [1.807, 2.05) is 12.1 Å². The number of hydrogen-bond donors (Lipinski definition) is 0. The summed E-state index contributed by atoms with van der Waals surface area (Å²) in [4.78, 5) is 12.4. The molecule has 0 aliphatic heterocycles. The highest BCUT2D eigenvalue weighted by molar-refractivity contribution is 5.96. The van der Waals surface area contributed by atoms with Crippen molar-refractivity contribution in [3.8, 4) is 12.1 Å². The quantitative estimate of drug-likeness (QED) is 0.133. The first-order valence-electron chi connectivity index (χ1n) is 14.7. The summed E-state index contributed by atoms with van der Waals surface area (Å²) >= 11 is 0. The van der Waals surface area contributed by atoms with Crippen LogP contribution in [-0.2, 0) is 4.74 Å². The fraction of sp³-hybridized carbons (Fsp3) is 0.606. The van der Waals surface area contributed by atoms with Crippen LogP contribution in [0, 0.1) is 22.7 Å². The van der Waals surface area contributed by atoms with Crippen molar-refractivity contribution in [2.24, 2.45) is 0 Å². The van der Waals surface area contributed by atoms with Crippen LogP contribution in [-0.4, -0.2) is 12.6 Å². The van der Waals surface area contributed by atoms with E-state index in [2.05, 4.69) is 6.92 Å². The van der Waals surface area contributed by atoms with Gasteiger partial charge in [-0.1, -0.05) is 122 Å². The van der Waals surface area contributed by atoms with Crippen LogP contribution < -0.4 is 0 Å². The summed E-state index contributed by atoms with van der Waals surface area (Å²) in [6, 6.07) is 12.7. The minimum absolute atomic E-state index is 0.319. The van der Waals surface area contributed by atoms with E-state index < -0.39 is 0 Å². The molecule has 0 aliphatic rings. The maximum atomic E-state index is 12.4. The standard InChI is InChI=1S/C33H46N2O2/c1-2-3-4-5-6-7-8-9-10-11-12-13-14-15-16-17-18-19-22-37-33(36)29-21-20-28-23-31(26-34)32(27-35)25-30(28)24-29/h20-21,23-25H,2-19,22H2,1H3. The maximum Gasteiger partial charge on any atom is 0.338 e. The van der Waals surface area contributed by atoms with Gasteiger partial charge in [-0.25, -0.2) is 4.79 Å². The van der Waals surface area contributed by atoms with Crippen molar-refractivity contribution in [1.82, 2.24) is 0 Å². The van der Waals surface area contributed by atoms with Crippen LogP contribution in [0.5, 0.6) is 0 Å². The van der Waals surface area contributed by atoms with Crippen LogP contribution in [0.2, 0.25) is 0 Å². The Morgan fingerprint density at radius 2 is 1.05 bits per heavy atom. The molecule has 0 spiro atoms. The van der Waals surface area contributed by atoms with Gasteiger partial charge in [-0.2, -0.15) is 10.5 Å². The van der Waals surface area contributed by atoms with E-state index in [1.54, 1.807) is 30.3 Å². The number of benzene rings is 2. The molecule has 2 aromatic rings. The van der Waals surface area contributed by atoms with Crippen molar-refractivity contribution in [2.75, 3.05) is 6.61 Å². The highest BCUT2D eigenvalue weighted by atomic mass is 16.5. The van der Waals surface area contributed by atoms with Crippen LogP contribution >= 0.6 is 0 Å². The van der Waals surface area contributed by atoms with Crippen molar-refractivity contribution in [3.05, 3.63) is 47.0 Å². The Kier molecular flexibility index (Phi) is 15.8. The molecule has 0 atom stereocenters. The Balaban J connectivity index is 1.44. The summed E-state index contributed by atoms with van der Waals surface area (Å²) in [6.45, 7) is 2.71. The summed E-state index contributed by atoms with van der Waals surface area (Å²) in [6.07, 6.45) is 24.0. The summed E-state index contributed by atoms with van der Waals surface area (Å²) in [5.74, 6) is -0.336. The van der Waals surface area contributed by atoms with Gasteiger partial charge in [0, 0.05) is 0 Å². The smallest absolute Gasteiger partial charge is 0.338 e. The number of carbonyl (C=O) groups is 1. The molecule has 0 amide bonds. The molecule has 0 fully saturated rings. The van der Waals surface area contributed by atoms with E-state index in [0.717, 1.165) is 23.6 Å². The number of fused-ring (bicyclic) bond motifs is 1. The second-order valence-electron chi connectivity index (χ2n) is 10.3. The van der Waals surface area contributed by atoms with Crippen LogP contribution in [0.15, 0.2) is 30.3 Å². The van der Waals surface area contributed by atoms with Crippen LogP contribution in [0.4, 0.5) is 0 Å². The van der Waals surface area contributed by atoms with Crippen molar-refractivity contribution in [1.29, 1.82) is 10.5 Å². The number of carbonyl (C=O) groups excluding carboxylic acids is 1. The first kappa shape index (κ1) is 30.4. The van der Waals surface area contributed by atoms with Gasteiger partial charge in [0.15, 0.2) is 0 Å². The van der Waals surface area contributed by atoms with E-state index in [4.69, 9.17) is 10.00 Å². The number of nitriles is 2. The second kappa shape index (κ2) is 19.3. The van der Waals surface area contributed by atoms with Gasteiger partial charge in [0.1, 0.15) is 12.1 Å². The fourth-order valence-electron chi connectivity index (χ4n) is 4.86. The van der Waals surface area contributed by atoms with Gasteiger partial charge in [-0.15, -0.1) is 0 Å². The minimum Gasteiger partial charge on any atom is -0.462 e. The average Bonchev–Trinajstić information content (AvgIpc) is 2.93. The second-order valence-corrected chi connectivity index (χ2v) is 10.3. The van der Waals surface area contributed by atoms with Gasteiger partial charge in [-0.3, -0.25) is 0 Å². The van der Waals surface area contributed by atoms with Crippen LogP contribution in [0.25, 0.3) is 10.8 Å². The molecular weight excluding hydrogens is 456 g/mol. The number of rotatable bonds is 20. The molecule has 0 aliphatic carbocycles. The molecule has 0 heterocycles. The Hall–Kier alpha value is -2.85. The summed E-state index contributed by atoms with van der Waals surface area (Å²) in [5.41, 5.74) is 1.14. The van der Waals surface area contributed by atoms with Gasteiger partial charge in [0.05, 0.1) is 23.3 Å². The van der Waals surface area contributed by atoms with Gasteiger partial charge >= 0.3 is 5.97 Å². The molecule has 4 nitrogen and oxygen atoms in total. The summed E-state index contributed by atoms with van der Waals surface area (Å²) in [7, 11) is 0. The first-order chi connectivity index (χ1) is 18.2. The molecule has 0 aromatic heterocycles. The molecule has 200 valence electrons. The Morgan fingerprint density at radius 3 is 1.51 bits per heavy atom. The molecule has 4 heteroatoms. The molecule has 0 unspecified atom stereocenters. The highest BCUT2D eigenvalue weighted by Crippen LogP contribution is 2.22. The molecule has 2 rings (SSSR count). The largest absolute Gasteiger partial charge is 0.462 e. The first-order valence-corrected chi connectivity index (χ1v) is 14.7. The molecular formula is C33H46N2O2. The molecule has 0 bridgehead atoms. The molecule has 0 saturated heterocycles. The normalized spacial score (nSPS) is 10.8. The third-order valence-corrected chi connectivity index (χ3v) is 7.18. The number of esters is 1. The van der Waals surface area contributed by atoms with Crippen molar-refractivity contribution in [2.45, 2.75) is 122 Å². The lowest BCUT2D eigenvalue weighted by Gasteiger charge is -2.07. The van der Waals surface area contributed by atoms with Gasteiger partial charge in [0.25, 0.3) is 0 Å². The number of unbranched alkanes of at least 4 members (excludes halogenated alkanes) is 17. The Bertz CT molecular complexity index is 1020. The van der Waals surface area contributed by atoms with Crippen LogP contribution in [0.3, 0.4) is 0 Å². The lowest BCUT2D eigenvalue weighted by atomic mass is 10.0. The number of nitrogens with zero attached hydrogens (tertiary/aromatic N) is 2. The Morgan fingerprint density at radius 1 is 0.622 bits per heavy atom. The topological polar surface area (TPSA) is 73.9 Å². The highest BCUT2D eigenvalue weighted by Gasteiger charge is 2.10. The predicted molar refractivity (Wildman–Crippen MR) is 152 cm³/mol. The Labute approximate surface area is 225 Å². The lowest BCUT2D eigenvalue weighted by Crippen LogP contribution is -2.06. The zero-order chi connectivity index (χ0) is 26.6. The third kappa shape index (κ3) is 12.3. The fourth-order valence-corrected chi connectivity index (χ4v) is 4.86. The number of hydrogen-bond acceptors (Lipinski definition) is 4. The third-order valence-electron chi connectivity index (χ3n) is 7.18. The zero-order valence-electron chi connectivity index (χ0n) is 23.0. The van der Waals surface area contributed by atoms with Gasteiger partial charge < -0.3 is 4.74 Å². The monoisotopic (exact) mass is 502 g/mol. The van der Waals surface area contributed by atoms with Gasteiger partial charge in [0.2, 0.25) is 0 Å². The summed E-state index contributed by atoms with van der Waals surface area (Å²) in [5, 5.41) is 20.0. The molecule has 2 aromatic carbocycles. The lowest BCUT2D eigenvalue weighted by molar-refractivity contribution is 0.0498. The molecule has 0 N–H and O–H groups in total. The molecule has 0 saturated carbocycles. The SMILES string of the molecule is CCCCCCCCCCCCCCCCCCCCOC(=O)c1ccc2cc(C#N)c(C#N)cc2c1. The average molecular weight is 503 g/mol. The van der Waals surface area contributed by atoms with E-state index in [1.165, 1.54) is 103 Å². The van der Waals surface area contributed by atoms with Crippen molar-refractivity contribution < 1.29 is 9.53 Å². The zero-order valence-corrected chi connectivity index (χ0v) is 23.0. The van der Waals surface area contributed by atoms with Gasteiger partial charge in [-0.05, 0) is 41.5 Å².